The molecule has 1 aromatic carbocycles. The monoisotopic (exact) mass is 472 g/mol. The van der Waals surface area contributed by atoms with Crippen LogP contribution in [0.1, 0.15) is 24.5 Å². The first-order valence-corrected chi connectivity index (χ1v) is 11.5. The number of hydrogen-bond donors (Lipinski definition) is 1. The Labute approximate surface area is 187 Å². The molecular weight excluding hydrogens is 456 g/mol. The van der Waals surface area contributed by atoms with E-state index in [1.165, 1.54) is 49.8 Å². The maximum Gasteiger partial charge on any atom is 0.270 e. The largest absolute Gasteiger partial charge is 0.479 e. The summed E-state index contributed by atoms with van der Waals surface area (Å²) in [6, 6.07) is 10.2. The Morgan fingerprint density at radius 2 is 2.00 bits per heavy atom. The van der Waals surface area contributed by atoms with Gasteiger partial charge in [-0.3, -0.25) is 4.79 Å². The maximum atomic E-state index is 13.8. The first kappa shape index (κ1) is 20.5. The van der Waals surface area contributed by atoms with Crippen LogP contribution in [0.4, 0.5) is 11.5 Å². The highest BCUT2D eigenvalue weighted by Gasteiger charge is 2.35. The molecule has 0 unspecified atom stereocenters. The summed E-state index contributed by atoms with van der Waals surface area (Å²) in [4.78, 5) is 18.7. The van der Waals surface area contributed by atoms with Crippen LogP contribution in [0.25, 0.3) is 10.9 Å². The zero-order valence-corrected chi connectivity index (χ0v) is 18.4. The van der Waals surface area contributed by atoms with Crippen LogP contribution in [0.3, 0.4) is 0 Å². The minimum Gasteiger partial charge on any atom is -0.479 e. The molecule has 1 fully saturated rings. The molecule has 5 rings (SSSR count). The van der Waals surface area contributed by atoms with Crippen LogP contribution in [0, 0.1) is 0 Å². The third-order valence-corrected chi connectivity index (χ3v) is 7.21. The zero-order chi connectivity index (χ0) is 22.5. The normalized spacial score (nSPS) is 13.9. The number of rotatable bonds is 6. The number of nitrogens with one attached hydrogen (secondary N) is 1. The summed E-state index contributed by atoms with van der Waals surface area (Å²) in [5.74, 6) is 0.361. The van der Waals surface area contributed by atoms with E-state index in [1.54, 1.807) is 6.07 Å². The molecule has 0 radical (unpaired) electrons. The molecule has 0 amide bonds. The summed E-state index contributed by atoms with van der Waals surface area (Å²) < 4.78 is 38.9. The number of sulfonamides is 1. The second-order valence-electron chi connectivity index (χ2n) is 7.36. The van der Waals surface area contributed by atoms with Gasteiger partial charge in [0.25, 0.3) is 10.0 Å². The molecular formula is C21H17ClN4O5S. The van der Waals surface area contributed by atoms with Gasteiger partial charge in [0.2, 0.25) is 11.4 Å². The van der Waals surface area contributed by atoms with Gasteiger partial charge in [-0.05, 0) is 48.6 Å². The predicted octanol–water partition coefficient (Wildman–Crippen LogP) is 3.98. The fourth-order valence-corrected chi connectivity index (χ4v) is 5.26. The van der Waals surface area contributed by atoms with E-state index < -0.39 is 10.0 Å². The Morgan fingerprint density at radius 1 is 1.19 bits per heavy atom. The second kappa shape index (κ2) is 7.64. The third kappa shape index (κ3) is 3.51. The van der Waals surface area contributed by atoms with E-state index in [0.29, 0.717) is 21.6 Å². The van der Waals surface area contributed by atoms with Crippen LogP contribution >= 0.6 is 11.6 Å². The highest BCUT2D eigenvalue weighted by atomic mass is 35.5. The molecule has 32 heavy (non-hydrogen) atoms. The molecule has 3 aromatic heterocycles. The van der Waals surface area contributed by atoms with Crippen molar-refractivity contribution >= 4 is 44.0 Å². The lowest BCUT2D eigenvalue weighted by molar-refractivity contribution is 0.397. The van der Waals surface area contributed by atoms with Crippen LogP contribution in [0.5, 0.6) is 5.88 Å². The Balaban J connectivity index is 1.70. The number of aromatic nitrogens is 3. The van der Waals surface area contributed by atoms with Crippen LogP contribution in [-0.4, -0.2) is 30.7 Å². The number of nitrogens with zero attached hydrogens (tertiary/aromatic N) is 3. The molecule has 0 atom stereocenters. The number of H-pyrrole nitrogens is 1. The lowest BCUT2D eigenvalue weighted by atomic mass is 10.2. The van der Waals surface area contributed by atoms with Gasteiger partial charge in [0.15, 0.2) is 5.82 Å². The summed E-state index contributed by atoms with van der Waals surface area (Å²) in [5, 5.41) is 4.74. The standard InChI is InChI=1S/C21H17ClN4O5S/c1-30-21-17(11-15(22)20(24-21)12-2-3-12)26(18-8-9-31-25-18)32(28,29)14-5-6-16-13(10-14)4-7-19(27)23-16/h4-12H,2-3H2,1H3,(H,23,27). The van der Waals surface area contributed by atoms with Gasteiger partial charge in [-0.2, -0.15) is 0 Å². The number of pyridine rings is 2. The molecule has 3 heterocycles. The average Bonchev–Trinajstić information content (AvgIpc) is 3.48. The fraction of sp³-hybridized carbons (Fsp3) is 0.190. The summed E-state index contributed by atoms with van der Waals surface area (Å²) in [6.07, 6.45) is 3.21. The van der Waals surface area contributed by atoms with Gasteiger partial charge in [-0.15, -0.1) is 0 Å². The SMILES string of the molecule is COc1nc(C2CC2)c(Cl)cc1N(c1ccon1)S(=O)(=O)c1ccc2[nH]c(=O)ccc2c1. The summed E-state index contributed by atoms with van der Waals surface area (Å²) in [5.41, 5.74) is 1.02. The number of aromatic amines is 1. The first-order valence-electron chi connectivity index (χ1n) is 9.72. The van der Waals surface area contributed by atoms with Crippen LogP contribution < -0.4 is 14.6 Å². The molecule has 0 aliphatic heterocycles. The molecule has 9 nitrogen and oxygen atoms in total. The van der Waals surface area contributed by atoms with Crippen molar-refractivity contribution in [1.82, 2.24) is 15.1 Å². The first-order chi connectivity index (χ1) is 15.4. The fourth-order valence-electron chi connectivity index (χ4n) is 3.50. The Kier molecular flexibility index (Phi) is 4.90. The Morgan fingerprint density at radius 3 is 2.69 bits per heavy atom. The molecule has 0 saturated heterocycles. The summed E-state index contributed by atoms with van der Waals surface area (Å²) in [7, 11) is -2.79. The highest BCUT2D eigenvalue weighted by molar-refractivity contribution is 7.93. The topological polar surface area (TPSA) is 118 Å². The van der Waals surface area contributed by atoms with E-state index in [2.05, 4.69) is 15.1 Å². The number of anilines is 2. The lowest BCUT2D eigenvalue weighted by Crippen LogP contribution is -2.27. The van der Waals surface area contributed by atoms with Gasteiger partial charge >= 0.3 is 0 Å². The van der Waals surface area contributed by atoms with Crippen molar-refractivity contribution < 1.29 is 17.7 Å². The van der Waals surface area contributed by atoms with Crippen molar-refractivity contribution in [2.24, 2.45) is 0 Å². The van der Waals surface area contributed by atoms with Gasteiger partial charge in [0, 0.05) is 23.6 Å². The van der Waals surface area contributed by atoms with E-state index in [1.807, 2.05) is 0 Å². The van der Waals surface area contributed by atoms with Crippen LogP contribution in [0.15, 0.2) is 62.9 Å². The molecule has 4 aromatic rings. The van der Waals surface area contributed by atoms with Gasteiger partial charge in [0.05, 0.1) is 22.7 Å². The minimum atomic E-state index is -4.21. The second-order valence-corrected chi connectivity index (χ2v) is 9.55. The van der Waals surface area contributed by atoms with Crippen LogP contribution in [-0.2, 0) is 10.0 Å². The molecule has 1 N–H and O–H groups in total. The molecule has 0 bridgehead atoms. The number of methoxy groups -OCH3 is 1. The van der Waals surface area contributed by atoms with E-state index in [9.17, 15) is 13.2 Å². The van der Waals surface area contributed by atoms with E-state index in [0.717, 1.165) is 17.1 Å². The number of benzene rings is 1. The van der Waals surface area contributed by atoms with Crippen molar-refractivity contribution in [3.8, 4) is 5.88 Å². The number of hydrogen-bond acceptors (Lipinski definition) is 7. The number of ether oxygens (including phenoxy) is 1. The summed E-state index contributed by atoms with van der Waals surface area (Å²) in [6.45, 7) is 0. The molecule has 11 heteroatoms. The number of halogens is 1. The van der Waals surface area contributed by atoms with Crippen molar-refractivity contribution in [2.45, 2.75) is 23.7 Å². The van der Waals surface area contributed by atoms with Gasteiger partial charge in [-0.1, -0.05) is 16.8 Å². The third-order valence-electron chi connectivity index (χ3n) is 5.19. The number of fused-ring (bicyclic) bond motifs is 1. The van der Waals surface area contributed by atoms with E-state index >= 15 is 0 Å². The van der Waals surface area contributed by atoms with E-state index in [4.69, 9.17) is 20.9 Å². The van der Waals surface area contributed by atoms with Crippen molar-refractivity contribution in [1.29, 1.82) is 0 Å². The lowest BCUT2D eigenvalue weighted by Gasteiger charge is -2.24. The maximum absolute atomic E-state index is 13.8. The average molecular weight is 473 g/mol. The Hall–Kier alpha value is -3.37. The van der Waals surface area contributed by atoms with Crippen LogP contribution in [0.2, 0.25) is 5.02 Å². The van der Waals surface area contributed by atoms with Gasteiger partial charge < -0.3 is 14.2 Å². The van der Waals surface area contributed by atoms with Crippen molar-refractivity contribution in [2.75, 3.05) is 11.4 Å². The minimum absolute atomic E-state index is 0.0157. The van der Waals surface area contributed by atoms with E-state index in [-0.39, 0.29) is 33.8 Å². The molecule has 0 spiro atoms. The molecule has 1 aliphatic carbocycles. The molecule has 164 valence electrons. The van der Waals surface area contributed by atoms with Gasteiger partial charge in [0.1, 0.15) is 12.0 Å². The molecule has 1 aliphatic rings. The van der Waals surface area contributed by atoms with Crippen molar-refractivity contribution in [3.05, 3.63) is 69.8 Å². The van der Waals surface area contributed by atoms with Gasteiger partial charge in [-0.25, -0.2) is 17.7 Å². The highest BCUT2D eigenvalue weighted by Crippen LogP contribution is 2.46. The summed E-state index contributed by atoms with van der Waals surface area (Å²) >= 11 is 6.47. The zero-order valence-electron chi connectivity index (χ0n) is 16.8. The predicted molar refractivity (Wildman–Crippen MR) is 118 cm³/mol. The van der Waals surface area contributed by atoms with Crippen molar-refractivity contribution in [3.63, 3.8) is 0 Å². The molecule has 1 saturated carbocycles. The quantitative estimate of drug-likeness (QED) is 0.450. The smallest absolute Gasteiger partial charge is 0.270 e. The Bertz CT molecular complexity index is 1480.